The van der Waals surface area contributed by atoms with E-state index in [-0.39, 0.29) is 6.10 Å². The van der Waals surface area contributed by atoms with Crippen LogP contribution in [0.1, 0.15) is 11.1 Å². The lowest BCUT2D eigenvalue weighted by Gasteiger charge is -2.32. The standard InChI is InChI=1S/C15H20N4O/c1-18-10-14(9-17-18)11-19-5-6-20-15(12-19)7-13-3-2-4-16-8-13/h2-4,8-10,15H,5-7,11-12H2,1H3. The minimum atomic E-state index is 0.254. The van der Waals surface area contributed by atoms with Crippen LogP contribution in [0.2, 0.25) is 0 Å². The molecule has 2 aromatic rings. The highest BCUT2D eigenvalue weighted by Gasteiger charge is 2.21. The summed E-state index contributed by atoms with van der Waals surface area (Å²) in [7, 11) is 1.95. The van der Waals surface area contributed by atoms with E-state index >= 15 is 0 Å². The Hall–Kier alpha value is -1.72. The number of ether oxygens (including phenoxy) is 1. The van der Waals surface area contributed by atoms with Crippen molar-refractivity contribution in [3.8, 4) is 0 Å². The van der Waals surface area contributed by atoms with Crippen LogP contribution < -0.4 is 0 Å². The van der Waals surface area contributed by atoms with Gasteiger partial charge in [-0.1, -0.05) is 6.07 Å². The van der Waals surface area contributed by atoms with Crippen LogP contribution in [-0.4, -0.2) is 45.5 Å². The van der Waals surface area contributed by atoms with E-state index in [0.29, 0.717) is 0 Å². The number of aromatic nitrogens is 3. The number of rotatable bonds is 4. The SMILES string of the molecule is Cn1cc(CN2CCOC(Cc3cccnc3)C2)cn1. The Morgan fingerprint density at radius 1 is 1.35 bits per heavy atom. The van der Waals surface area contributed by atoms with Gasteiger partial charge >= 0.3 is 0 Å². The highest BCUT2D eigenvalue weighted by molar-refractivity contribution is 5.10. The van der Waals surface area contributed by atoms with Gasteiger partial charge in [0.05, 0.1) is 18.9 Å². The van der Waals surface area contributed by atoms with Gasteiger partial charge < -0.3 is 4.74 Å². The van der Waals surface area contributed by atoms with Crippen LogP contribution in [0.25, 0.3) is 0 Å². The lowest BCUT2D eigenvalue weighted by Crippen LogP contribution is -2.42. The molecule has 0 aliphatic carbocycles. The van der Waals surface area contributed by atoms with Crippen LogP contribution in [0.5, 0.6) is 0 Å². The minimum Gasteiger partial charge on any atom is -0.375 e. The number of pyridine rings is 1. The molecule has 1 aliphatic heterocycles. The lowest BCUT2D eigenvalue weighted by atomic mass is 10.1. The maximum absolute atomic E-state index is 5.86. The highest BCUT2D eigenvalue weighted by Crippen LogP contribution is 2.13. The first-order chi connectivity index (χ1) is 9.79. The van der Waals surface area contributed by atoms with Crippen molar-refractivity contribution in [2.75, 3.05) is 19.7 Å². The monoisotopic (exact) mass is 272 g/mol. The van der Waals surface area contributed by atoms with Crippen molar-refractivity contribution < 1.29 is 4.74 Å². The van der Waals surface area contributed by atoms with E-state index < -0.39 is 0 Å². The summed E-state index contributed by atoms with van der Waals surface area (Å²) in [6.45, 7) is 3.69. The quantitative estimate of drug-likeness (QED) is 0.840. The third kappa shape index (κ3) is 3.43. The molecule has 0 radical (unpaired) electrons. The summed E-state index contributed by atoms with van der Waals surface area (Å²) in [4.78, 5) is 6.59. The summed E-state index contributed by atoms with van der Waals surface area (Å²) in [5.74, 6) is 0. The summed E-state index contributed by atoms with van der Waals surface area (Å²) >= 11 is 0. The molecule has 1 aliphatic rings. The first-order valence-corrected chi connectivity index (χ1v) is 7.00. The summed E-state index contributed by atoms with van der Waals surface area (Å²) in [5, 5.41) is 4.22. The summed E-state index contributed by atoms with van der Waals surface area (Å²) in [6, 6.07) is 4.09. The van der Waals surface area contributed by atoms with E-state index in [2.05, 4.69) is 27.2 Å². The van der Waals surface area contributed by atoms with Gasteiger partial charge in [-0.05, 0) is 11.6 Å². The average molecular weight is 272 g/mol. The Kier molecular flexibility index (Phi) is 4.08. The van der Waals surface area contributed by atoms with Crippen LogP contribution >= 0.6 is 0 Å². The Balaban J connectivity index is 1.56. The molecule has 0 amide bonds. The van der Waals surface area contributed by atoms with Gasteiger partial charge in [0.15, 0.2) is 0 Å². The van der Waals surface area contributed by atoms with Crippen LogP contribution in [0, 0.1) is 0 Å². The molecule has 3 rings (SSSR count). The first kappa shape index (κ1) is 13.3. The van der Waals surface area contributed by atoms with E-state index in [1.807, 2.05) is 30.2 Å². The Labute approximate surface area is 119 Å². The largest absolute Gasteiger partial charge is 0.375 e. The number of hydrogen-bond acceptors (Lipinski definition) is 4. The fraction of sp³-hybridized carbons (Fsp3) is 0.467. The molecule has 106 valence electrons. The van der Waals surface area contributed by atoms with Gasteiger partial charge in [0.1, 0.15) is 0 Å². The molecule has 0 spiro atoms. The van der Waals surface area contributed by atoms with Gasteiger partial charge in [-0.25, -0.2) is 0 Å². The summed E-state index contributed by atoms with van der Waals surface area (Å²) < 4.78 is 7.71. The zero-order valence-electron chi connectivity index (χ0n) is 11.8. The Morgan fingerprint density at radius 3 is 3.05 bits per heavy atom. The highest BCUT2D eigenvalue weighted by atomic mass is 16.5. The van der Waals surface area contributed by atoms with Gasteiger partial charge in [0, 0.05) is 57.3 Å². The predicted molar refractivity (Wildman–Crippen MR) is 76.2 cm³/mol. The number of aryl methyl sites for hydroxylation is 1. The van der Waals surface area contributed by atoms with Crippen molar-refractivity contribution in [2.45, 2.75) is 19.1 Å². The van der Waals surface area contributed by atoms with Crippen molar-refractivity contribution in [3.63, 3.8) is 0 Å². The van der Waals surface area contributed by atoms with E-state index in [9.17, 15) is 0 Å². The molecule has 1 fully saturated rings. The van der Waals surface area contributed by atoms with Crippen LogP contribution in [0.15, 0.2) is 36.9 Å². The molecule has 1 unspecified atom stereocenters. The zero-order chi connectivity index (χ0) is 13.8. The molecule has 1 saturated heterocycles. The predicted octanol–water partition coefficient (Wildman–Crippen LogP) is 1.26. The molecule has 3 heterocycles. The second kappa shape index (κ2) is 6.15. The lowest BCUT2D eigenvalue weighted by molar-refractivity contribution is -0.0305. The molecule has 5 nitrogen and oxygen atoms in total. The molecular weight excluding hydrogens is 252 g/mol. The van der Waals surface area contributed by atoms with Crippen molar-refractivity contribution in [2.24, 2.45) is 7.05 Å². The maximum Gasteiger partial charge on any atom is 0.0743 e. The smallest absolute Gasteiger partial charge is 0.0743 e. The number of hydrogen-bond donors (Lipinski definition) is 0. The van der Waals surface area contributed by atoms with E-state index in [1.54, 1.807) is 6.20 Å². The Morgan fingerprint density at radius 2 is 2.30 bits per heavy atom. The van der Waals surface area contributed by atoms with Gasteiger partial charge in [-0.3, -0.25) is 14.6 Å². The molecular formula is C15H20N4O. The maximum atomic E-state index is 5.86. The third-order valence-corrected chi connectivity index (χ3v) is 3.57. The molecule has 20 heavy (non-hydrogen) atoms. The average Bonchev–Trinajstić information content (AvgIpc) is 2.86. The fourth-order valence-corrected chi connectivity index (χ4v) is 2.64. The van der Waals surface area contributed by atoms with Crippen molar-refractivity contribution in [3.05, 3.63) is 48.0 Å². The third-order valence-electron chi connectivity index (χ3n) is 3.57. The van der Waals surface area contributed by atoms with E-state index in [0.717, 1.165) is 32.7 Å². The minimum absolute atomic E-state index is 0.254. The molecule has 2 aromatic heterocycles. The summed E-state index contributed by atoms with van der Waals surface area (Å²) in [6.07, 6.45) is 8.92. The van der Waals surface area contributed by atoms with E-state index in [1.165, 1.54) is 11.1 Å². The van der Waals surface area contributed by atoms with Crippen molar-refractivity contribution in [1.82, 2.24) is 19.7 Å². The Bertz CT molecular complexity index is 540. The van der Waals surface area contributed by atoms with Gasteiger partial charge in [-0.15, -0.1) is 0 Å². The normalized spacial score (nSPS) is 20.1. The van der Waals surface area contributed by atoms with Crippen LogP contribution in [0.4, 0.5) is 0 Å². The zero-order valence-corrected chi connectivity index (χ0v) is 11.8. The topological polar surface area (TPSA) is 43.2 Å². The first-order valence-electron chi connectivity index (χ1n) is 7.00. The second-order valence-corrected chi connectivity index (χ2v) is 5.32. The second-order valence-electron chi connectivity index (χ2n) is 5.32. The van der Waals surface area contributed by atoms with Crippen LogP contribution in [-0.2, 0) is 24.8 Å². The van der Waals surface area contributed by atoms with Crippen molar-refractivity contribution >= 4 is 0 Å². The molecule has 0 saturated carbocycles. The number of morpholine rings is 1. The molecule has 0 aromatic carbocycles. The molecule has 5 heteroatoms. The molecule has 0 bridgehead atoms. The van der Waals surface area contributed by atoms with Gasteiger partial charge in [0.2, 0.25) is 0 Å². The van der Waals surface area contributed by atoms with Crippen molar-refractivity contribution in [1.29, 1.82) is 0 Å². The molecule has 1 atom stereocenters. The van der Waals surface area contributed by atoms with Gasteiger partial charge in [0.25, 0.3) is 0 Å². The van der Waals surface area contributed by atoms with Crippen LogP contribution in [0.3, 0.4) is 0 Å². The van der Waals surface area contributed by atoms with Gasteiger partial charge in [-0.2, -0.15) is 5.10 Å². The van der Waals surface area contributed by atoms with E-state index in [4.69, 9.17) is 4.74 Å². The molecule has 0 N–H and O–H groups in total. The summed E-state index contributed by atoms with van der Waals surface area (Å²) in [5.41, 5.74) is 2.50. The number of nitrogens with zero attached hydrogens (tertiary/aromatic N) is 4. The fourth-order valence-electron chi connectivity index (χ4n) is 2.64.